The standard InChI is InChI=1S/C25H26N2O6S/c1-17-8-5-6-11-23(17)26-24(28)18(2)33-25(29)19-9-7-10-22(16-19)34(30,31)27(3)20-12-14-21(32-4)15-13-20/h5-16,18H,1-4H3,(H,26,28)/t18-/m1/s1. The lowest BCUT2D eigenvalue weighted by atomic mass is 10.2. The van der Waals surface area contributed by atoms with Gasteiger partial charge in [0.1, 0.15) is 5.75 Å². The number of methoxy groups -OCH3 is 1. The molecule has 8 nitrogen and oxygen atoms in total. The van der Waals surface area contributed by atoms with E-state index >= 15 is 0 Å². The molecule has 0 unspecified atom stereocenters. The Hall–Kier alpha value is -3.85. The van der Waals surface area contributed by atoms with Crippen molar-refractivity contribution in [3.8, 4) is 5.75 Å². The second-order valence-electron chi connectivity index (χ2n) is 7.55. The first-order valence-electron chi connectivity index (χ1n) is 10.4. The van der Waals surface area contributed by atoms with Gasteiger partial charge in [-0.05, 0) is 67.9 Å². The van der Waals surface area contributed by atoms with Crippen LogP contribution in [-0.4, -0.2) is 40.6 Å². The van der Waals surface area contributed by atoms with Gasteiger partial charge in [-0.1, -0.05) is 24.3 Å². The second-order valence-corrected chi connectivity index (χ2v) is 9.52. The number of carbonyl (C=O) groups is 2. The minimum Gasteiger partial charge on any atom is -0.497 e. The molecule has 0 aliphatic rings. The molecular weight excluding hydrogens is 456 g/mol. The average Bonchev–Trinajstić information content (AvgIpc) is 2.85. The summed E-state index contributed by atoms with van der Waals surface area (Å²) in [5, 5.41) is 2.72. The fourth-order valence-electron chi connectivity index (χ4n) is 3.10. The van der Waals surface area contributed by atoms with E-state index in [1.54, 1.807) is 36.4 Å². The number of sulfonamides is 1. The zero-order valence-electron chi connectivity index (χ0n) is 19.3. The summed E-state index contributed by atoms with van der Waals surface area (Å²) >= 11 is 0. The van der Waals surface area contributed by atoms with Crippen LogP contribution in [0.15, 0.2) is 77.7 Å². The molecule has 0 aliphatic carbocycles. The van der Waals surface area contributed by atoms with Crippen LogP contribution in [0, 0.1) is 6.92 Å². The summed E-state index contributed by atoms with van der Waals surface area (Å²) in [7, 11) is -1.01. The van der Waals surface area contributed by atoms with Gasteiger partial charge in [-0.15, -0.1) is 0 Å². The Morgan fingerprint density at radius 2 is 1.65 bits per heavy atom. The van der Waals surface area contributed by atoms with Crippen LogP contribution in [0.1, 0.15) is 22.8 Å². The maximum Gasteiger partial charge on any atom is 0.338 e. The van der Waals surface area contributed by atoms with Gasteiger partial charge in [-0.2, -0.15) is 0 Å². The van der Waals surface area contributed by atoms with Crippen LogP contribution in [0.25, 0.3) is 0 Å². The number of aryl methyl sites for hydroxylation is 1. The van der Waals surface area contributed by atoms with Gasteiger partial charge in [0.15, 0.2) is 6.10 Å². The van der Waals surface area contributed by atoms with Gasteiger partial charge in [-0.25, -0.2) is 13.2 Å². The summed E-state index contributed by atoms with van der Waals surface area (Å²) < 4.78 is 37.7. The van der Waals surface area contributed by atoms with Crippen LogP contribution < -0.4 is 14.4 Å². The summed E-state index contributed by atoms with van der Waals surface area (Å²) in [5.41, 5.74) is 1.92. The Morgan fingerprint density at radius 1 is 0.971 bits per heavy atom. The summed E-state index contributed by atoms with van der Waals surface area (Å²) in [4.78, 5) is 25.0. The number of amides is 1. The van der Waals surface area contributed by atoms with Crippen LogP contribution in [0.2, 0.25) is 0 Å². The molecule has 3 rings (SSSR count). The van der Waals surface area contributed by atoms with Gasteiger partial charge in [0, 0.05) is 12.7 Å². The maximum absolute atomic E-state index is 13.1. The number of para-hydroxylation sites is 1. The molecule has 34 heavy (non-hydrogen) atoms. The molecule has 1 N–H and O–H groups in total. The minimum absolute atomic E-state index is 0.0137. The Morgan fingerprint density at radius 3 is 2.29 bits per heavy atom. The van der Waals surface area contributed by atoms with E-state index in [2.05, 4.69) is 5.32 Å². The second kappa shape index (κ2) is 10.4. The third-order valence-corrected chi connectivity index (χ3v) is 7.00. The summed E-state index contributed by atoms with van der Waals surface area (Å²) in [5.74, 6) is -0.706. The lowest BCUT2D eigenvalue weighted by Gasteiger charge is -2.20. The maximum atomic E-state index is 13.1. The number of hydrogen-bond donors (Lipinski definition) is 1. The van der Waals surface area contributed by atoms with Crippen LogP contribution in [0.4, 0.5) is 11.4 Å². The van der Waals surface area contributed by atoms with Crippen molar-refractivity contribution in [2.24, 2.45) is 0 Å². The van der Waals surface area contributed by atoms with Gasteiger partial charge in [0.25, 0.3) is 15.9 Å². The zero-order chi connectivity index (χ0) is 24.9. The number of benzene rings is 3. The smallest absolute Gasteiger partial charge is 0.338 e. The molecule has 1 atom stereocenters. The van der Waals surface area contributed by atoms with E-state index in [0.29, 0.717) is 17.1 Å². The quantitative estimate of drug-likeness (QED) is 0.487. The first-order chi connectivity index (χ1) is 16.1. The number of anilines is 2. The van der Waals surface area contributed by atoms with Crippen molar-refractivity contribution in [2.75, 3.05) is 23.8 Å². The van der Waals surface area contributed by atoms with Gasteiger partial charge < -0.3 is 14.8 Å². The highest BCUT2D eigenvalue weighted by Crippen LogP contribution is 2.25. The number of esters is 1. The molecular formula is C25H26N2O6S. The molecule has 0 radical (unpaired) electrons. The van der Waals surface area contributed by atoms with Crippen molar-refractivity contribution in [3.63, 3.8) is 0 Å². The van der Waals surface area contributed by atoms with Gasteiger partial charge in [-0.3, -0.25) is 9.10 Å². The highest BCUT2D eigenvalue weighted by atomic mass is 32.2. The summed E-state index contributed by atoms with van der Waals surface area (Å²) in [6.45, 7) is 3.30. The zero-order valence-corrected chi connectivity index (χ0v) is 20.1. The van der Waals surface area contributed by atoms with E-state index in [1.165, 1.54) is 45.3 Å². The van der Waals surface area contributed by atoms with E-state index < -0.39 is 28.0 Å². The van der Waals surface area contributed by atoms with E-state index in [-0.39, 0.29) is 10.5 Å². The molecule has 0 aromatic heterocycles. The number of nitrogens with one attached hydrogen (secondary N) is 1. The van der Waals surface area contributed by atoms with Crippen molar-refractivity contribution >= 4 is 33.3 Å². The fraction of sp³-hybridized carbons (Fsp3) is 0.200. The molecule has 0 bridgehead atoms. The molecule has 178 valence electrons. The van der Waals surface area contributed by atoms with Crippen molar-refractivity contribution < 1.29 is 27.5 Å². The molecule has 0 spiro atoms. The summed E-state index contributed by atoms with van der Waals surface area (Å²) in [6, 6.07) is 19.3. The highest BCUT2D eigenvalue weighted by molar-refractivity contribution is 7.92. The molecule has 0 aliphatic heterocycles. The Balaban J connectivity index is 1.73. The van der Waals surface area contributed by atoms with Crippen molar-refractivity contribution in [3.05, 3.63) is 83.9 Å². The van der Waals surface area contributed by atoms with Gasteiger partial charge >= 0.3 is 5.97 Å². The third kappa shape index (κ3) is 5.55. The minimum atomic E-state index is -3.95. The van der Waals surface area contributed by atoms with Crippen molar-refractivity contribution in [2.45, 2.75) is 24.8 Å². The van der Waals surface area contributed by atoms with Crippen LogP contribution in [-0.2, 0) is 19.6 Å². The number of ether oxygens (including phenoxy) is 2. The molecule has 1 amide bonds. The monoisotopic (exact) mass is 482 g/mol. The lowest BCUT2D eigenvalue weighted by Crippen LogP contribution is -2.30. The molecule has 3 aromatic carbocycles. The van der Waals surface area contributed by atoms with Crippen LogP contribution >= 0.6 is 0 Å². The van der Waals surface area contributed by atoms with Crippen LogP contribution in [0.5, 0.6) is 5.75 Å². The highest BCUT2D eigenvalue weighted by Gasteiger charge is 2.24. The Labute approximate surface area is 199 Å². The Kier molecular flexibility index (Phi) is 7.57. The largest absolute Gasteiger partial charge is 0.497 e. The first-order valence-corrected chi connectivity index (χ1v) is 11.9. The van der Waals surface area contributed by atoms with Crippen molar-refractivity contribution in [1.29, 1.82) is 0 Å². The fourth-order valence-corrected chi connectivity index (χ4v) is 4.34. The number of hydrogen-bond acceptors (Lipinski definition) is 6. The molecule has 0 saturated heterocycles. The average molecular weight is 483 g/mol. The molecule has 9 heteroatoms. The van der Waals surface area contributed by atoms with E-state index in [1.807, 2.05) is 19.1 Å². The SMILES string of the molecule is COc1ccc(N(C)S(=O)(=O)c2cccc(C(=O)O[C@H](C)C(=O)Nc3ccccc3C)c2)cc1. The molecule has 0 fully saturated rings. The number of nitrogens with zero attached hydrogens (tertiary/aromatic N) is 1. The predicted molar refractivity (Wildman–Crippen MR) is 130 cm³/mol. The third-order valence-electron chi connectivity index (χ3n) is 5.22. The molecule has 0 saturated carbocycles. The number of rotatable bonds is 8. The topological polar surface area (TPSA) is 102 Å². The Bertz CT molecular complexity index is 1290. The lowest BCUT2D eigenvalue weighted by molar-refractivity contribution is -0.123. The van der Waals surface area contributed by atoms with Gasteiger partial charge in [0.05, 0.1) is 23.3 Å². The molecule has 0 heterocycles. The van der Waals surface area contributed by atoms with Crippen LogP contribution in [0.3, 0.4) is 0 Å². The summed E-state index contributed by atoms with van der Waals surface area (Å²) in [6.07, 6.45) is -1.09. The van der Waals surface area contributed by atoms with Gasteiger partial charge in [0.2, 0.25) is 0 Å². The van der Waals surface area contributed by atoms with E-state index in [4.69, 9.17) is 9.47 Å². The number of carbonyl (C=O) groups excluding carboxylic acids is 2. The first kappa shape index (κ1) is 24.8. The predicted octanol–water partition coefficient (Wildman–Crippen LogP) is 4.01. The van der Waals surface area contributed by atoms with Crippen molar-refractivity contribution in [1.82, 2.24) is 0 Å². The van der Waals surface area contributed by atoms with E-state index in [9.17, 15) is 18.0 Å². The van der Waals surface area contributed by atoms with E-state index in [0.717, 1.165) is 9.87 Å². The molecule has 3 aromatic rings. The normalized spacial score (nSPS) is 11.9.